The quantitative estimate of drug-likeness (QED) is 0.417. The Morgan fingerprint density at radius 1 is 0.788 bits per heavy atom. The molecular formula is C25H22N4O4. The Bertz CT molecular complexity index is 1230. The number of hydrogen-bond donors (Lipinski definition) is 2. The van der Waals surface area contributed by atoms with Crippen LogP contribution in [0, 0.1) is 0 Å². The molecule has 0 radical (unpaired) electrons. The van der Waals surface area contributed by atoms with E-state index in [1.165, 1.54) is 5.56 Å². The third-order valence-electron chi connectivity index (χ3n) is 4.65. The summed E-state index contributed by atoms with van der Waals surface area (Å²) in [6.07, 6.45) is 0.250. The zero-order valence-corrected chi connectivity index (χ0v) is 18.1. The lowest BCUT2D eigenvalue weighted by Gasteiger charge is -2.10. The third kappa shape index (κ3) is 6.46. The van der Waals surface area contributed by atoms with Crippen LogP contribution >= 0.6 is 0 Å². The van der Waals surface area contributed by atoms with Crippen LogP contribution in [0.4, 0.5) is 16.2 Å². The molecule has 2 amide bonds. The first kappa shape index (κ1) is 23.1. The van der Waals surface area contributed by atoms with Crippen LogP contribution in [0.1, 0.15) is 25.3 Å². The van der Waals surface area contributed by atoms with Crippen LogP contribution < -0.4 is 10.6 Å². The molecule has 1 heterocycles. The number of anilines is 2. The highest BCUT2D eigenvalue weighted by Gasteiger charge is 2.11. The zero-order valence-electron chi connectivity index (χ0n) is 18.1. The van der Waals surface area contributed by atoms with E-state index in [-0.39, 0.29) is 12.2 Å². The van der Waals surface area contributed by atoms with E-state index < -0.39 is 0 Å². The summed E-state index contributed by atoms with van der Waals surface area (Å²) in [5.74, 6) is 1.29. The molecule has 0 spiro atoms. The van der Waals surface area contributed by atoms with Gasteiger partial charge in [-0.05, 0) is 53.9 Å². The van der Waals surface area contributed by atoms with Crippen LogP contribution in [-0.2, 0) is 9.59 Å². The summed E-state index contributed by atoms with van der Waals surface area (Å²) < 4.78 is 5.79. The number of amides is 2. The minimum absolute atomic E-state index is 0.250. The van der Waals surface area contributed by atoms with Gasteiger partial charge < -0.3 is 15.1 Å². The number of carbonyl (C=O) groups excluding carboxylic acids is 3. The number of rotatable bonds is 5. The second-order valence-corrected chi connectivity index (χ2v) is 7.30. The number of benzene rings is 3. The molecule has 166 valence electrons. The highest BCUT2D eigenvalue weighted by molar-refractivity contribution is 6.00. The summed E-state index contributed by atoms with van der Waals surface area (Å²) in [6.45, 7) is 4.27. The van der Waals surface area contributed by atoms with Gasteiger partial charge in [-0.25, -0.2) is 4.79 Å². The van der Waals surface area contributed by atoms with Crippen molar-refractivity contribution in [3.05, 3.63) is 84.4 Å². The van der Waals surface area contributed by atoms with Crippen LogP contribution in [0.5, 0.6) is 0 Å². The topological polar surface area (TPSA) is 114 Å². The van der Waals surface area contributed by atoms with Gasteiger partial charge in [0.15, 0.2) is 0 Å². The molecule has 3 aromatic carbocycles. The maximum absolute atomic E-state index is 12.4. The van der Waals surface area contributed by atoms with Crippen molar-refractivity contribution in [1.82, 2.24) is 10.2 Å². The Kier molecular flexibility index (Phi) is 7.83. The molecule has 33 heavy (non-hydrogen) atoms. The van der Waals surface area contributed by atoms with E-state index in [9.17, 15) is 4.79 Å². The van der Waals surface area contributed by atoms with E-state index >= 15 is 0 Å². The Morgan fingerprint density at radius 3 is 2.00 bits per heavy atom. The van der Waals surface area contributed by atoms with E-state index in [1.54, 1.807) is 12.1 Å². The molecule has 0 fully saturated rings. The lowest BCUT2D eigenvalue weighted by molar-refractivity contribution is -0.191. The summed E-state index contributed by atoms with van der Waals surface area (Å²) in [7, 11) is 0. The van der Waals surface area contributed by atoms with Crippen molar-refractivity contribution < 1.29 is 18.8 Å². The van der Waals surface area contributed by atoms with Crippen LogP contribution in [-0.4, -0.2) is 22.4 Å². The molecule has 4 rings (SSSR count). The van der Waals surface area contributed by atoms with Gasteiger partial charge in [-0.3, -0.25) is 0 Å². The van der Waals surface area contributed by atoms with Gasteiger partial charge in [0, 0.05) is 22.5 Å². The molecule has 0 aliphatic heterocycles. The maximum Gasteiger partial charge on any atom is 0.373 e. The van der Waals surface area contributed by atoms with E-state index in [4.69, 9.17) is 14.0 Å². The number of carbonyl (C=O) groups is 1. The van der Waals surface area contributed by atoms with Crippen LogP contribution in [0.2, 0.25) is 0 Å². The van der Waals surface area contributed by atoms with Gasteiger partial charge in [-0.2, -0.15) is 9.59 Å². The minimum Gasteiger partial charge on any atom is -0.416 e. The highest BCUT2D eigenvalue weighted by Crippen LogP contribution is 2.25. The highest BCUT2D eigenvalue weighted by atomic mass is 16.4. The Labute approximate surface area is 190 Å². The Balaban J connectivity index is 0.000000968. The molecule has 0 aliphatic carbocycles. The summed E-state index contributed by atoms with van der Waals surface area (Å²) in [6, 6.07) is 24.4. The molecule has 0 saturated heterocycles. The van der Waals surface area contributed by atoms with Crippen molar-refractivity contribution in [2.75, 3.05) is 10.6 Å². The van der Waals surface area contributed by atoms with Crippen molar-refractivity contribution in [3.63, 3.8) is 0 Å². The lowest BCUT2D eigenvalue weighted by Crippen LogP contribution is -2.19. The minimum atomic E-state index is -0.319. The molecule has 0 unspecified atom stereocenters. The summed E-state index contributed by atoms with van der Waals surface area (Å²) in [4.78, 5) is 28.6. The van der Waals surface area contributed by atoms with Gasteiger partial charge >= 0.3 is 12.2 Å². The largest absolute Gasteiger partial charge is 0.416 e. The Morgan fingerprint density at radius 2 is 1.36 bits per heavy atom. The fourth-order valence-electron chi connectivity index (χ4n) is 3.01. The van der Waals surface area contributed by atoms with E-state index in [0.717, 1.165) is 16.8 Å². The molecule has 0 saturated carbocycles. The van der Waals surface area contributed by atoms with Gasteiger partial charge in [-0.1, -0.05) is 50.2 Å². The second-order valence-electron chi connectivity index (χ2n) is 7.30. The normalized spacial score (nSPS) is 10.0. The van der Waals surface area contributed by atoms with E-state index in [2.05, 4.69) is 34.7 Å². The van der Waals surface area contributed by atoms with Gasteiger partial charge in [0.1, 0.15) is 0 Å². The number of aromatic nitrogens is 2. The zero-order chi connectivity index (χ0) is 23.6. The molecule has 8 heteroatoms. The third-order valence-corrected chi connectivity index (χ3v) is 4.65. The average Bonchev–Trinajstić information content (AvgIpc) is 3.31. The molecule has 2 N–H and O–H groups in total. The molecular weight excluding hydrogens is 420 g/mol. The predicted molar refractivity (Wildman–Crippen MR) is 123 cm³/mol. The van der Waals surface area contributed by atoms with Crippen LogP contribution in [0.25, 0.3) is 22.9 Å². The van der Waals surface area contributed by atoms with Crippen molar-refractivity contribution >= 4 is 23.6 Å². The van der Waals surface area contributed by atoms with E-state index in [0.29, 0.717) is 23.4 Å². The second kappa shape index (κ2) is 11.2. The smallest absolute Gasteiger partial charge is 0.373 e. The fourth-order valence-corrected chi connectivity index (χ4v) is 3.01. The monoisotopic (exact) mass is 442 g/mol. The maximum atomic E-state index is 12.4. The number of nitrogens with zero attached hydrogens (tertiary/aromatic N) is 2. The van der Waals surface area contributed by atoms with Crippen LogP contribution in [0.15, 0.2) is 83.3 Å². The SMILES string of the molecule is CC(C)c1ccc(NC(=O)Nc2cccc(-c3nnc(-c4ccccc4)o3)c2)cc1.O=C=O. The average molecular weight is 442 g/mol. The summed E-state index contributed by atoms with van der Waals surface area (Å²) in [5.41, 5.74) is 4.17. The summed E-state index contributed by atoms with van der Waals surface area (Å²) >= 11 is 0. The van der Waals surface area contributed by atoms with E-state index in [1.807, 2.05) is 66.7 Å². The first-order valence-electron chi connectivity index (χ1n) is 10.2. The summed E-state index contributed by atoms with van der Waals surface area (Å²) in [5, 5.41) is 13.9. The molecule has 8 nitrogen and oxygen atoms in total. The van der Waals surface area contributed by atoms with Crippen molar-refractivity contribution in [3.8, 4) is 22.9 Å². The molecule has 0 atom stereocenters. The molecule has 0 bridgehead atoms. The fraction of sp³-hybridized carbons (Fsp3) is 0.120. The first-order valence-corrected chi connectivity index (χ1v) is 10.2. The first-order chi connectivity index (χ1) is 16.0. The van der Waals surface area contributed by atoms with Crippen molar-refractivity contribution in [1.29, 1.82) is 0 Å². The molecule has 1 aromatic heterocycles. The number of hydrogen-bond acceptors (Lipinski definition) is 6. The molecule has 4 aromatic rings. The van der Waals surface area contributed by atoms with Crippen molar-refractivity contribution in [2.24, 2.45) is 0 Å². The lowest BCUT2D eigenvalue weighted by atomic mass is 10.0. The molecule has 0 aliphatic rings. The number of urea groups is 1. The van der Waals surface area contributed by atoms with Gasteiger partial charge in [0.2, 0.25) is 11.8 Å². The van der Waals surface area contributed by atoms with Gasteiger partial charge in [0.25, 0.3) is 0 Å². The predicted octanol–water partition coefficient (Wildman–Crippen LogP) is 5.59. The van der Waals surface area contributed by atoms with Crippen LogP contribution in [0.3, 0.4) is 0 Å². The Hall–Kier alpha value is -4.55. The van der Waals surface area contributed by atoms with Gasteiger partial charge in [-0.15, -0.1) is 10.2 Å². The van der Waals surface area contributed by atoms with Crippen molar-refractivity contribution in [2.45, 2.75) is 19.8 Å². The number of nitrogens with one attached hydrogen (secondary N) is 2. The van der Waals surface area contributed by atoms with Gasteiger partial charge in [0.05, 0.1) is 0 Å². The standard InChI is InChI=1S/C24H22N4O2.CO2/c1-16(2)17-11-13-20(14-12-17)25-24(29)26-21-10-6-9-19(15-21)23-28-27-22(30-23)18-7-4-3-5-8-18;2-1-3/h3-16H,1-2H3,(H2,25,26,29);.